The minimum atomic E-state index is -0.142. The van der Waals surface area contributed by atoms with Crippen molar-refractivity contribution in [2.75, 3.05) is 25.0 Å². The maximum absolute atomic E-state index is 11.3. The summed E-state index contributed by atoms with van der Waals surface area (Å²) in [5, 5.41) is 5.81. The van der Waals surface area contributed by atoms with Crippen LogP contribution in [0.3, 0.4) is 0 Å². The average molecular weight is 223 g/mol. The largest absolute Gasteiger partial charge is 0.367 e. The first-order chi connectivity index (χ1) is 7.74. The molecule has 0 spiro atoms. The van der Waals surface area contributed by atoms with E-state index in [0.717, 1.165) is 0 Å². The molecule has 0 aromatic carbocycles. The van der Waals surface area contributed by atoms with Gasteiger partial charge in [-0.15, -0.1) is 0 Å². The number of amides is 1. The molecule has 0 aliphatic rings. The first kappa shape index (κ1) is 12.4. The lowest BCUT2D eigenvalue weighted by Crippen LogP contribution is -2.35. The van der Waals surface area contributed by atoms with Crippen LogP contribution in [0.25, 0.3) is 0 Å². The van der Waals surface area contributed by atoms with Crippen molar-refractivity contribution in [3.63, 3.8) is 0 Å². The third-order valence-corrected chi connectivity index (χ3v) is 2.09. The summed E-state index contributed by atoms with van der Waals surface area (Å²) in [6.07, 6.45) is 4.84. The lowest BCUT2D eigenvalue weighted by Gasteiger charge is -2.10. The minimum Gasteiger partial charge on any atom is -0.367 e. The fourth-order valence-electron chi connectivity index (χ4n) is 1.05. The standard InChI is InChI=1S/C10H17N5O/c1-8(6-11)10(16)15-5-4-14-9-7-12-2-3-13-9/h2-3,7-8H,4-6,11H2,1H3,(H,13,14)(H,15,16). The van der Waals surface area contributed by atoms with Gasteiger partial charge < -0.3 is 16.4 Å². The minimum absolute atomic E-state index is 0.0246. The highest BCUT2D eigenvalue weighted by molar-refractivity contribution is 5.78. The molecule has 1 rings (SSSR count). The summed E-state index contributed by atoms with van der Waals surface area (Å²) >= 11 is 0. The molecule has 0 aliphatic heterocycles. The van der Waals surface area contributed by atoms with Gasteiger partial charge in [-0.2, -0.15) is 0 Å². The van der Waals surface area contributed by atoms with E-state index in [-0.39, 0.29) is 11.8 Å². The number of carbonyl (C=O) groups is 1. The van der Waals surface area contributed by atoms with E-state index < -0.39 is 0 Å². The SMILES string of the molecule is CC(CN)C(=O)NCCNc1cnccn1. The van der Waals surface area contributed by atoms with Gasteiger partial charge in [0.25, 0.3) is 0 Å². The highest BCUT2D eigenvalue weighted by atomic mass is 16.1. The third kappa shape index (κ3) is 4.22. The van der Waals surface area contributed by atoms with Crippen LogP contribution < -0.4 is 16.4 Å². The molecule has 0 saturated heterocycles. The molecular weight excluding hydrogens is 206 g/mol. The molecule has 1 atom stereocenters. The normalized spacial score (nSPS) is 11.9. The zero-order chi connectivity index (χ0) is 11.8. The molecular formula is C10H17N5O. The summed E-state index contributed by atoms with van der Waals surface area (Å²) in [7, 11) is 0. The molecule has 6 nitrogen and oxygen atoms in total. The second-order valence-electron chi connectivity index (χ2n) is 3.45. The monoisotopic (exact) mass is 223 g/mol. The summed E-state index contributed by atoms with van der Waals surface area (Å²) in [4.78, 5) is 19.3. The topological polar surface area (TPSA) is 92.9 Å². The number of hydrogen-bond acceptors (Lipinski definition) is 5. The molecule has 0 radical (unpaired) electrons. The lowest BCUT2D eigenvalue weighted by atomic mass is 10.2. The molecule has 1 aromatic rings. The Morgan fingerprint density at radius 1 is 1.50 bits per heavy atom. The van der Waals surface area contributed by atoms with Crippen LogP contribution in [0.15, 0.2) is 18.6 Å². The Hall–Kier alpha value is -1.69. The van der Waals surface area contributed by atoms with Crippen molar-refractivity contribution in [2.45, 2.75) is 6.92 Å². The maximum Gasteiger partial charge on any atom is 0.224 e. The van der Waals surface area contributed by atoms with E-state index in [1.807, 2.05) is 0 Å². The number of rotatable bonds is 6. The number of anilines is 1. The number of nitrogens with zero attached hydrogens (tertiary/aromatic N) is 2. The Labute approximate surface area is 94.7 Å². The molecule has 6 heteroatoms. The van der Waals surface area contributed by atoms with E-state index in [4.69, 9.17) is 5.73 Å². The maximum atomic E-state index is 11.3. The molecule has 4 N–H and O–H groups in total. The predicted octanol–water partition coefficient (Wildman–Crippen LogP) is -0.400. The van der Waals surface area contributed by atoms with Gasteiger partial charge in [0.1, 0.15) is 5.82 Å². The van der Waals surface area contributed by atoms with Crippen molar-refractivity contribution in [1.82, 2.24) is 15.3 Å². The van der Waals surface area contributed by atoms with Gasteiger partial charge in [0.15, 0.2) is 0 Å². The number of nitrogens with two attached hydrogens (primary N) is 1. The summed E-state index contributed by atoms with van der Waals surface area (Å²) in [5.41, 5.74) is 5.37. The Kier molecular flexibility index (Phi) is 5.21. The summed E-state index contributed by atoms with van der Waals surface area (Å²) in [6.45, 7) is 3.32. The lowest BCUT2D eigenvalue weighted by molar-refractivity contribution is -0.124. The van der Waals surface area contributed by atoms with Gasteiger partial charge >= 0.3 is 0 Å². The first-order valence-corrected chi connectivity index (χ1v) is 5.21. The van der Waals surface area contributed by atoms with Gasteiger partial charge in [-0.1, -0.05) is 6.92 Å². The fraction of sp³-hybridized carbons (Fsp3) is 0.500. The van der Waals surface area contributed by atoms with Crippen molar-refractivity contribution in [1.29, 1.82) is 0 Å². The molecule has 0 aliphatic carbocycles. The third-order valence-electron chi connectivity index (χ3n) is 2.09. The number of nitrogens with one attached hydrogen (secondary N) is 2. The van der Waals surface area contributed by atoms with Gasteiger partial charge in [0.2, 0.25) is 5.91 Å². The molecule has 16 heavy (non-hydrogen) atoms. The van der Waals surface area contributed by atoms with Crippen molar-refractivity contribution in [3.8, 4) is 0 Å². The highest BCUT2D eigenvalue weighted by Gasteiger charge is 2.08. The van der Waals surface area contributed by atoms with E-state index in [9.17, 15) is 4.79 Å². The average Bonchev–Trinajstić information content (AvgIpc) is 2.34. The Bertz CT molecular complexity index is 316. The quantitative estimate of drug-likeness (QED) is 0.571. The van der Waals surface area contributed by atoms with Crippen LogP contribution in [0.5, 0.6) is 0 Å². The van der Waals surface area contributed by atoms with Crippen molar-refractivity contribution >= 4 is 11.7 Å². The number of aromatic nitrogens is 2. The van der Waals surface area contributed by atoms with Gasteiger partial charge in [-0.05, 0) is 0 Å². The van der Waals surface area contributed by atoms with E-state index >= 15 is 0 Å². The van der Waals surface area contributed by atoms with Gasteiger partial charge in [0.05, 0.1) is 6.20 Å². The van der Waals surface area contributed by atoms with Crippen LogP contribution in [0.2, 0.25) is 0 Å². The first-order valence-electron chi connectivity index (χ1n) is 5.21. The van der Waals surface area contributed by atoms with Crippen LogP contribution in [-0.4, -0.2) is 35.5 Å². The smallest absolute Gasteiger partial charge is 0.224 e. The van der Waals surface area contributed by atoms with Crippen LogP contribution in [0.4, 0.5) is 5.82 Å². The highest BCUT2D eigenvalue weighted by Crippen LogP contribution is 1.95. The summed E-state index contributed by atoms with van der Waals surface area (Å²) in [6, 6.07) is 0. The zero-order valence-corrected chi connectivity index (χ0v) is 9.31. The number of hydrogen-bond donors (Lipinski definition) is 3. The van der Waals surface area contributed by atoms with E-state index in [1.54, 1.807) is 25.5 Å². The zero-order valence-electron chi connectivity index (χ0n) is 9.31. The molecule has 1 heterocycles. The molecule has 1 amide bonds. The number of carbonyl (C=O) groups excluding carboxylic acids is 1. The van der Waals surface area contributed by atoms with Crippen molar-refractivity contribution in [3.05, 3.63) is 18.6 Å². The Balaban J connectivity index is 2.15. The van der Waals surface area contributed by atoms with Crippen molar-refractivity contribution in [2.24, 2.45) is 11.7 Å². The summed E-state index contributed by atoms with van der Waals surface area (Å²) in [5.74, 6) is 0.531. The predicted molar refractivity (Wildman–Crippen MR) is 61.7 cm³/mol. The molecule has 1 unspecified atom stereocenters. The molecule has 88 valence electrons. The van der Waals surface area contributed by atoms with E-state index in [0.29, 0.717) is 25.5 Å². The van der Waals surface area contributed by atoms with Gasteiger partial charge in [-0.3, -0.25) is 9.78 Å². The molecule has 1 aromatic heterocycles. The molecule has 0 saturated carbocycles. The van der Waals surface area contributed by atoms with Crippen LogP contribution in [-0.2, 0) is 4.79 Å². The second-order valence-corrected chi connectivity index (χ2v) is 3.45. The Morgan fingerprint density at radius 2 is 2.31 bits per heavy atom. The fourth-order valence-corrected chi connectivity index (χ4v) is 1.05. The molecule has 0 bridgehead atoms. The summed E-state index contributed by atoms with van der Waals surface area (Å²) < 4.78 is 0. The second kappa shape index (κ2) is 6.73. The molecule has 0 fully saturated rings. The Morgan fingerprint density at radius 3 is 2.94 bits per heavy atom. The van der Waals surface area contributed by atoms with Gasteiger partial charge in [-0.25, -0.2) is 4.98 Å². The van der Waals surface area contributed by atoms with Crippen molar-refractivity contribution < 1.29 is 4.79 Å². The van der Waals surface area contributed by atoms with E-state index in [1.165, 1.54) is 0 Å². The van der Waals surface area contributed by atoms with Crippen LogP contribution in [0.1, 0.15) is 6.92 Å². The van der Waals surface area contributed by atoms with Gasteiger partial charge in [0, 0.05) is 37.9 Å². The van der Waals surface area contributed by atoms with Crippen LogP contribution >= 0.6 is 0 Å². The van der Waals surface area contributed by atoms with E-state index in [2.05, 4.69) is 20.6 Å². The van der Waals surface area contributed by atoms with Crippen LogP contribution in [0, 0.1) is 5.92 Å².